The third-order valence-electron chi connectivity index (χ3n) is 5.59. The smallest absolute Gasteiger partial charge is 0.232 e. The molecular weight excluding hydrogens is 368 g/mol. The van der Waals surface area contributed by atoms with Crippen LogP contribution in [0, 0.1) is 13.8 Å². The molecule has 5 rings (SSSR count). The molecule has 1 aliphatic rings. The number of hydrogen-bond donors (Lipinski definition) is 0. The minimum absolute atomic E-state index is 0.0685. The highest BCUT2D eigenvalue weighted by molar-refractivity contribution is 5.96. The monoisotopic (exact) mass is 388 g/mol. The molecule has 146 valence electrons. The first-order valence-corrected chi connectivity index (χ1v) is 9.50. The first-order valence-electron chi connectivity index (χ1n) is 9.50. The van der Waals surface area contributed by atoms with Gasteiger partial charge < -0.3 is 9.42 Å². The maximum atomic E-state index is 12.6. The van der Waals surface area contributed by atoms with Crippen molar-refractivity contribution >= 4 is 22.6 Å². The summed E-state index contributed by atoms with van der Waals surface area (Å²) in [6.07, 6.45) is 0.359. The molecule has 8 nitrogen and oxygen atoms in total. The van der Waals surface area contributed by atoms with Crippen molar-refractivity contribution in [2.75, 3.05) is 11.4 Å². The molecule has 0 spiro atoms. The molecule has 1 saturated heterocycles. The maximum Gasteiger partial charge on any atom is 0.232 e. The van der Waals surface area contributed by atoms with Gasteiger partial charge in [-0.1, -0.05) is 16.4 Å². The van der Waals surface area contributed by atoms with Crippen LogP contribution < -0.4 is 4.90 Å². The van der Waals surface area contributed by atoms with E-state index in [-0.39, 0.29) is 11.8 Å². The lowest BCUT2D eigenvalue weighted by atomic mass is 10.1. The zero-order valence-electron chi connectivity index (χ0n) is 16.5. The van der Waals surface area contributed by atoms with Gasteiger partial charge in [0.25, 0.3) is 0 Å². The first-order chi connectivity index (χ1) is 14.0. The van der Waals surface area contributed by atoms with Gasteiger partial charge in [0, 0.05) is 31.3 Å². The summed E-state index contributed by atoms with van der Waals surface area (Å²) in [5, 5.41) is 12.3. The summed E-state index contributed by atoms with van der Waals surface area (Å²) >= 11 is 0. The highest BCUT2D eigenvalue weighted by Crippen LogP contribution is 2.33. The molecule has 3 heterocycles. The third-order valence-corrected chi connectivity index (χ3v) is 5.59. The number of amides is 1. The van der Waals surface area contributed by atoms with Crippen LogP contribution in [-0.4, -0.2) is 37.6 Å². The molecule has 2 aromatic carbocycles. The van der Waals surface area contributed by atoms with Crippen LogP contribution in [0.15, 0.2) is 40.9 Å². The topological polar surface area (TPSA) is 89.9 Å². The number of nitrogens with zero attached hydrogens (tertiary/aromatic N) is 6. The minimum atomic E-state index is -0.120. The average Bonchev–Trinajstić information content (AvgIpc) is 3.43. The van der Waals surface area contributed by atoms with Crippen LogP contribution >= 0.6 is 0 Å². The summed E-state index contributed by atoms with van der Waals surface area (Å²) in [4.78, 5) is 19.0. The van der Waals surface area contributed by atoms with Gasteiger partial charge in [-0.05, 0) is 55.3 Å². The van der Waals surface area contributed by atoms with E-state index in [1.165, 1.54) is 11.1 Å². The van der Waals surface area contributed by atoms with E-state index in [1.54, 1.807) is 9.58 Å². The molecule has 0 N–H and O–H groups in total. The number of carbonyl (C=O) groups is 1. The second-order valence-electron chi connectivity index (χ2n) is 7.55. The van der Waals surface area contributed by atoms with Gasteiger partial charge >= 0.3 is 0 Å². The van der Waals surface area contributed by atoms with Crippen LogP contribution in [0.5, 0.6) is 0 Å². The van der Waals surface area contributed by atoms with Gasteiger partial charge in [-0.2, -0.15) is 4.98 Å². The van der Waals surface area contributed by atoms with Gasteiger partial charge in [0.1, 0.15) is 5.52 Å². The Balaban J connectivity index is 1.40. The molecule has 1 fully saturated rings. The molecule has 0 saturated carbocycles. The van der Waals surface area contributed by atoms with E-state index in [4.69, 9.17) is 4.52 Å². The Kier molecular flexibility index (Phi) is 3.94. The molecule has 0 bridgehead atoms. The first kappa shape index (κ1) is 17.5. The fourth-order valence-corrected chi connectivity index (χ4v) is 3.71. The van der Waals surface area contributed by atoms with Gasteiger partial charge in [0.2, 0.25) is 17.6 Å². The third kappa shape index (κ3) is 2.97. The van der Waals surface area contributed by atoms with Gasteiger partial charge in [0.05, 0.1) is 11.4 Å². The van der Waals surface area contributed by atoms with Gasteiger partial charge in [-0.15, -0.1) is 5.10 Å². The van der Waals surface area contributed by atoms with Gasteiger partial charge in [-0.3, -0.25) is 4.79 Å². The van der Waals surface area contributed by atoms with Crippen LogP contribution in [0.25, 0.3) is 22.4 Å². The Morgan fingerprint density at radius 3 is 2.79 bits per heavy atom. The fraction of sp³-hybridized carbons (Fsp3) is 0.286. The zero-order valence-corrected chi connectivity index (χ0v) is 16.5. The predicted octanol–water partition coefficient (Wildman–Crippen LogP) is 3.16. The normalized spacial score (nSPS) is 16.9. The molecule has 2 aromatic heterocycles. The van der Waals surface area contributed by atoms with Crippen molar-refractivity contribution < 1.29 is 9.32 Å². The largest absolute Gasteiger partial charge is 0.339 e. The van der Waals surface area contributed by atoms with Gasteiger partial charge in [-0.25, -0.2) is 4.68 Å². The molecule has 8 heteroatoms. The maximum absolute atomic E-state index is 12.6. The Bertz CT molecular complexity index is 1240. The number of aromatic nitrogens is 5. The van der Waals surface area contributed by atoms with Crippen molar-refractivity contribution in [2.24, 2.45) is 7.05 Å². The second kappa shape index (κ2) is 6.51. The zero-order chi connectivity index (χ0) is 20.1. The summed E-state index contributed by atoms with van der Waals surface area (Å²) in [5.74, 6) is 0.924. The number of aryl methyl sites for hydroxylation is 3. The summed E-state index contributed by atoms with van der Waals surface area (Å²) in [7, 11) is 1.85. The Morgan fingerprint density at radius 2 is 1.97 bits per heavy atom. The van der Waals surface area contributed by atoms with Crippen LogP contribution in [0.3, 0.4) is 0 Å². The van der Waals surface area contributed by atoms with Crippen molar-refractivity contribution in [1.29, 1.82) is 0 Å². The standard InChI is InChI=1S/C21H20N6O2/c1-12-4-6-16(8-13(12)2)27-11-15(10-19(27)28)21-22-20(24-29-21)14-5-7-18-17(9-14)23-25-26(18)3/h4-9,15H,10-11H2,1-3H3/t15-/m1/s1. The van der Waals surface area contributed by atoms with Crippen molar-refractivity contribution in [3.63, 3.8) is 0 Å². The Hall–Kier alpha value is -3.55. The Labute approximate surface area is 167 Å². The van der Waals surface area contributed by atoms with E-state index in [2.05, 4.69) is 34.3 Å². The quantitative estimate of drug-likeness (QED) is 0.536. The van der Waals surface area contributed by atoms with E-state index in [0.717, 1.165) is 22.3 Å². The molecule has 0 radical (unpaired) electrons. The minimum Gasteiger partial charge on any atom is -0.339 e. The van der Waals surface area contributed by atoms with Crippen molar-refractivity contribution in [1.82, 2.24) is 25.1 Å². The van der Waals surface area contributed by atoms with E-state index in [0.29, 0.717) is 24.7 Å². The number of hydrogen-bond acceptors (Lipinski definition) is 6. The van der Waals surface area contributed by atoms with Gasteiger partial charge in [0.15, 0.2) is 0 Å². The Morgan fingerprint density at radius 1 is 1.10 bits per heavy atom. The lowest BCUT2D eigenvalue weighted by Gasteiger charge is -2.17. The number of fused-ring (bicyclic) bond motifs is 1. The highest BCUT2D eigenvalue weighted by Gasteiger charge is 2.35. The van der Waals surface area contributed by atoms with E-state index < -0.39 is 0 Å². The molecule has 1 atom stereocenters. The van der Waals surface area contributed by atoms with Crippen LogP contribution in [-0.2, 0) is 11.8 Å². The molecule has 4 aromatic rings. The van der Waals surface area contributed by atoms with E-state index in [1.807, 2.05) is 43.4 Å². The number of rotatable bonds is 3. The van der Waals surface area contributed by atoms with Crippen LogP contribution in [0.4, 0.5) is 5.69 Å². The molecule has 0 unspecified atom stereocenters. The lowest BCUT2D eigenvalue weighted by molar-refractivity contribution is -0.117. The number of anilines is 1. The average molecular weight is 388 g/mol. The second-order valence-corrected chi connectivity index (χ2v) is 7.55. The van der Waals surface area contributed by atoms with E-state index >= 15 is 0 Å². The molecule has 1 amide bonds. The van der Waals surface area contributed by atoms with Crippen LogP contribution in [0.2, 0.25) is 0 Å². The highest BCUT2D eigenvalue weighted by atomic mass is 16.5. The lowest BCUT2D eigenvalue weighted by Crippen LogP contribution is -2.24. The van der Waals surface area contributed by atoms with Crippen molar-refractivity contribution in [3.8, 4) is 11.4 Å². The summed E-state index contributed by atoms with van der Waals surface area (Å²) in [6, 6.07) is 11.8. The summed E-state index contributed by atoms with van der Waals surface area (Å²) in [6.45, 7) is 4.65. The summed E-state index contributed by atoms with van der Waals surface area (Å²) in [5.41, 5.74) is 5.80. The molecule has 29 heavy (non-hydrogen) atoms. The SMILES string of the molecule is Cc1ccc(N2C[C@H](c3nc(-c4ccc5c(c4)nnn5C)no3)CC2=O)cc1C. The number of benzene rings is 2. The molecular formula is C21H20N6O2. The van der Waals surface area contributed by atoms with E-state index in [9.17, 15) is 4.79 Å². The fourth-order valence-electron chi connectivity index (χ4n) is 3.71. The number of carbonyl (C=O) groups excluding carboxylic acids is 1. The predicted molar refractivity (Wildman–Crippen MR) is 107 cm³/mol. The van der Waals surface area contributed by atoms with Crippen molar-refractivity contribution in [3.05, 3.63) is 53.4 Å². The molecule has 0 aliphatic carbocycles. The molecule has 1 aliphatic heterocycles. The summed E-state index contributed by atoms with van der Waals surface area (Å²) < 4.78 is 7.23. The van der Waals surface area contributed by atoms with Crippen molar-refractivity contribution in [2.45, 2.75) is 26.2 Å². The van der Waals surface area contributed by atoms with Crippen LogP contribution in [0.1, 0.15) is 29.4 Å².